The molecule has 4 rings (SSSR count). The van der Waals surface area contributed by atoms with E-state index in [1.807, 2.05) is 48.5 Å². The predicted molar refractivity (Wildman–Crippen MR) is 98.7 cm³/mol. The quantitative estimate of drug-likeness (QED) is 0.582. The molecule has 3 nitrogen and oxygen atoms in total. The van der Waals surface area contributed by atoms with Crippen LogP contribution in [0.4, 0.5) is 5.82 Å². The smallest absolute Gasteiger partial charge is 0.156 e. The first kappa shape index (κ1) is 14.4. The van der Waals surface area contributed by atoms with E-state index in [4.69, 9.17) is 0 Å². The highest BCUT2D eigenvalue weighted by Gasteiger charge is 2.10. The molecule has 0 aliphatic rings. The molecule has 0 radical (unpaired) electrons. The summed E-state index contributed by atoms with van der Waals surface area (Å²) < 4.78 is 0. The molecule has 0 aliphatic carbocycles. The van der Waals surface area contributed by atoms with Crippen LogP contribution in [0, 0.1) is 0 Å². The van der Waals surface area contributed by atoms with Crippen LogP contribution in [0.1, 0.15) is 5.56 Å². The minimum absolute atomic E-state index is 0.726. The Bertz CT molecular complexity index is 950. The molecule has 1 aromatic heterocycles. The summed E-state index contributed by atoms with van der Waals surface area (Å²) in [4.78, 5) is 0. The second kappa shape index (κ2) is 6.50. The zero-order valence-corrected chi connectivity index (χ0v) is 13.2. The highest BCUT2D eigenvalue weighted by atomic mass is 15.2. The van der Waals surface area contributed by atoms with Crippen LogP contribution in [0.5, 0.6) is 0 Å². The van der Waals surface area contributed by atoms with Crippen LogP contribution in [0.3, 0.4) is 0 Å². The molecule has 1 N–H and O–H groups in total. The molecule has 116 valence electrons. The maximum Gasteiger partial charge on any atom is 0.156 e. The summed E-state index contributed by atoms with van der Waals surface area (Å²) in [6, 6.07) is 28.7. The van der Waals surface area contributed by atoms with Crippen molar-refractivity contribution in [2.75, 3.05) is 5.32 Å². The van der Waals surface area contributed by atoms with E-state index >= 15 is 0 Å². The lowest BCUT2D eigenvalue weighted by Gasteiger charge is -2.11. The molecule has 3 heteroatoms. The second-order valence-corrected chi connectivity index (χ2v) is 5.65. The van der Waals surface area contributed by atoms with Gasteiger partial charge in [-0.25, -0.2) is 0 Å². The Hall–Kier alpha value is -3.20. The minimum atomic E-state index is 0.726. The molecule has 0 unspecified atom stereocenters. The van der Waals surface area contributed by atoms with Gasteiger partial charge in [-0.1, -0.05) is 84.9 Å². The van der Waals surface area contributed by atoms with Crippen molar-refractivity contribution in [1.29, 1.82) is 0 Å². The van der Waals surface area contributed by atoms with Crippen LogP contribution in [0.15, 0.2) is 84.9 Å². The maximum absolute atomic E-state index is 4.48. The molecular formula is C21H17N3. The van der Waals surface area contributed by atoms with Crippen molar-refractivity contribution in [3.63, 3.8) is 0 Å². The van der Waals surface area contributed by atoms with E-state index in [0.717, 1.165) is 34.4 Å². The summed E-state index contributed by atoms with van der Waals surface area (Å²) in [6.45, 7) is 0.726. The van der Waals surface area contributed by atoms with Gasteiger partial charge in [-0.05, 0) is 5.56 Å². The largest absolute Gasteiger partial charge is 0.364 e. The van der Waals surface area contributed by atoms with Gasteiger partial charge in [-0.15, -0.1) is 10.2 Å². The lowest BCUT2D eigenvalue weighted by Crippen LogP contribution is -2.04. The number of aromatic nitrogens is 2. The third-order valence-corrected chi connectivity index (χ3v) is 4.04. The van der Waals surface area contributed by atoms with Crippen LogP contribution in [-0.2, 0) is 6.54 Å². The van der Waals surface area contributed by atoms with Crippen LogP contribution >= 0.6 is 0 Å². The molecule has 0 saturated heterocycles. The van der Waals surface area contributed by atoms with Gasteiger partial charge in [-0.3, -0.25) is 0 Å². The van der Waals surface area contributed by atoms with Crippen molar-refractivity contribution < 1.29 is 0 Å². The van der Waals surface area contributed by atoms with E-state index in [2.05, 4.69) is 51.9 Å². The minimum Gasteiger partial charge on any atom is -0.364 e. The Labute approximate surface area is 141 Å². The predicted octanol–water partition coefficient (Wildman–Crippen LogP) is 4.91. The monoisotopic (exact) mass is 311 g/mol. The summed E-state index contributed by atoms with van der Waals surface area (Å²) >= 11 is 0. The fourth-order valence-electron chi connectivity index (χ4n) is 2.83. The Kier molecular flexibility index (Phi) is 3.90. The van der Waals surface area contributed by atoms with E-state index in [-0.39, 0.29) is 0 Å². The lowest BCUT2D eigenvalue weighted by molar-refractivity contribution is 1.02. The van der Waals surface area contributed by atoms with Gasteiger partial charge in [0.2, 0.25) is 0 Å². The first-order valence-corrected chi connectivity index (χ1v) is 8.00. The summed E-state index contributed by atoms with van der Waals surface area (Å²) in [7, 11) is 0. The van der Waals surface area contributed by atoms with Crippen LogP contribution in [0.2, 0.25) is 0 Å². The number of nitrogens with zero attached hydrogens (tertiary/aromatic N) is 2. The Morgan fingerprint density at radius 2 is 1.25 bits per heavy atom. The van der Waals surface area contributed by atoms with E-state index in [1.54, 1.807) is 0 Å². The van der Waals surface area contributed by atoms with Gasteiger partial charge < -0.3 is 5.32 Å². The zero-order valence-electron chi connectivity index (χ0n) is 13.2. The van der Waals surface area contributed by atoms with Gasteiger partial charge in [0.05, 0.1) is 0 Å². The van der Waals surface area contributed by atoms with Crippen molar-refractivity contribution in [2.24, 2.45) is 0 Å². The number of anilines is 1. The molecule has 4 aromatic rings. The number of fused-ring (bicyclic) bond motifs is 1. The van der Waals surface area contributed by atoms with Gasteiger partial charge >= 0.3 is 0 Å². The average Bonchev–Trinajstić information content (AvgIpc) is 2.67. The molecule has 0 bridgehead atoms. The Morgan fingerprint density at radius 3 is 2.00 bits per heavy atom. The van der Waals surface area contributed by atoms with Crippen LogP contribution < -0.4 is 5.32 Å². The molecular weight excluding hydrogens is 294 g/mol. The third-order valence-electron chi connectivity index (χ3n) is 4.04. The molecule has 0 aliphatic heterocycles. The highest BCUT2D eigenvalue weighted by molar-refractivity contribution is 5.99. The molecule has 0 fully saturated rings. The van der Waals surface area contributed by atoms with Crippen LogP contribution in [-0.4, -0.2) is 10.2 Å². The topological polar surface area (TPSA) is 37.8 Å². The average molecular weight is 311 g/mol. The lowest BCUT2D eigenvalue weighted by atomic mass is 10.0. The van der Waals surface area contributed by atoms with Gasteiger partial charge in [-0.2, -0.15) is 0 Å². The van der Waals surface area contributed by atoms with Gasteiger partial charge in [0.1, 0.15) is 5.69 Å². The summed E-state index contributed by atoms with van der Waals surface area (Å²) in [6.07, 6.45) is 0. The molecule has 24 heavy (non-hydrogen) atoms. The first-order chi connectivity index (χ1) is 11.9. The van der Waals surface area contributed by atoms with Crippen molar-refractivity contribution in [2.45, 2.75) is 6.54 Å². The molecule has 0 spiro atoms. The SMILES string of the molecule is c1ccc(CNc2nnc(-c3ccccc3)c3ccccc23)cc1. The standard InChI is InChI=1S/C21H17N3/c1-3-9-16(10-4-1)15-22-21-19-14-8-7-13-18(19)20(23-24-21)17-11-5-2-6-12-17/h1-14H,15H2,(H,22,24). The van der Waals surface area contributed by atoms with Crippen LogP contribution in [0.25, 0.3) is 22.0 Å². The Balaban J connectivity index is 1.73. The number of hydrogen-bond donors (Lipinski definition) is 1. The molecule has 1 heterocycles. The normalized spacial score (nSPS) is 10.7. The summed E-state index contributed by atoms with van der Waals surface area (Å²) in [5, 5.41) is 14.5. The molecule has 0 amide bonds. The van der Waals surface area contributed by atoms with E-state index in [1.165, 1.54) is 5.56 Å². The third kappa shape index (κ3) is 2.84. The molecule has 0 atom stereocenters. The highest BCUT2D eigenvalue weighted by Crippen LogP contribution is 2.29. The number of hydrogen-bond acceptors (Lipinski definition) is 3. The van der Waals surface area contributed by atoms with Crippen molar-refractivity contribution >= 4 is 16.6 Å². The second-order valence-electron chi connectivity index (χ2n) is 5.65. The van der Waals surface area contributed by atoms with Crippen molar-refractivity contribution in [3.8, 4) is 11.3 Å². The van der Waals surface area contributed by atoms with Crippen molar-refractivity contribution in [3.05, 3.63) is 90.5 Å². The fourth-order valence-corrected chi connectivity index (χ4v) is 2.83. The molecule has 0 saturated carbocycles. The maximum atomic E-state index is 4.48. The summed E-state index contributed by atoms with van der Waals surface area (Å²) in [5.74, 6) is 0.814. The number of nitrogens with one attached hydrogen (secondary N) is 1. The summed E-state index contributed by atoms with van der Waals surface area (Å²) in [5.41, 5.74) is 3.21. The first-order valence-electron chi connectivity index (χ1n) is 8.00. The number of benzene rings is 3. The van der Waals surface area contributed by atoms with E-state index in [0.29, 0.717) is 0 Å². The zero-order chi connectivity index (χ0) is 16.2. The molecule has 3 aromatic carbocycles. The van der Waals surface area contributed by atoms with Gasteiger partial charge in [0.15, 0.2) is 5.82 Å². The van der Waals surface area contributed by atoms with Gasteiger partial charge in [0.25, 0.3) is 0 Å². The van der Waals surface area contributed by atoms with E-state index < -0.39 is 0 Å². The van der Waals surface area contributed by atoms with Gasteiger partial charge in [0, 0.05) is 22.9 Å². The van der Waals surface area contributed by atoms with Crippen molar-refractivity contribution in [1.82, 2.24) is 10.2 Å². The Morgan fingerprint density at radius 1 is 0.625 bits per heavy atom. The fraction of sp³-hybridized carbons (Fsp3) is 0.0476. The number of rotatable bonds is 4. The van der Waals surface area contributed by atoms with E-state index in [9.17, 15) is 0 Å².